The van der Waals surface area contributed by atoms with Gasteiger partial charge in [0.25, 0.3) is 0 Å². The molecule has 2 aliphatic heterocycles. The first-order valence-corrected chi connectivity index (χ1v) is 40.0. The van der Waals surface area contributed by atoms with Crippen LogP contribution in [-0.2, 0) is 27.3 Å². The van der Waals surface area contributed by atoms with Gasteiger partial charge >= 0.3 is 35.3 Å². The first-order valence-electron chi connectivity index (χ1n) is 29.0. The van der Waals surface area contributed by atoms with E-state index in [1.165, 1.54) is 85.9 Å². The van der Waals surface area contributed by atoms with Crippen LogP contribution in [-0.4, -0.2) is 0 Å². The Morgan fingerprint density at radius 3 is 0.529 bits per heavy atom. The molecule has 0 bridgehead atoms. The molecule has 0 amide bonds. The SMILES string of the molecule is CC1(C)c2cccc(P(c3ccccc3)c3ccccc3)c2Oc2c(P(c3ccccc3)c3ccccc3)cccc21.CC1(C)c2cccc(P(c3ccccc3)c3ccccc3)c2Oc2c(P(c3ccccc3)c3ccccc3)cccc21.[Cl][Pt][Cl]. The number of fused-ring (bicyclic) bond motifs is 4. The Morgan fingerprint density at radius 1 is 0.230 bits per heavy atom. The Bertz CT molecular complexity index is 3520. The second kappa shape index (κ2) is 27.7. The van der Waals surface area contributed by atoms with Crippen molar-refractivity contribution in [3.05, 3.63) is 338 Å². The summed E-state index contributed by atoms with van der Waals surface area (Å²) in [6.45, 7) is 9.39. The maximum atomic E-state index is 7.26. The molecule has 432 valence electrons. The van der Waals surface area contributed by atoms with Crippen molar-refractivity contribution in [2.24, 2.45) is 0 Å². The molecule has 0 fully saturated rings. The van der Waals surface area contributed by atoms with Gasteiger partial charge in [-0.3, -0.25) is 0 Å². The van der Waals surface area contributed by atoms with Crippen LogP contribution in [0.25, 0.3) is 0 Å². The van der Waals surface area contributed by atoms with E-state index in [2.05, 4.69) is 343 Å². The minimum absolute atomic E-state index is 0.225. The van der Waals surface area contributed by atoms with Crippen LogP contribution < -0.4 is 73.1 Å². The molecule has 0 radical (unpaired) electrons. The molecule has 0 saturated carbocycles. The fourth-order valence-corrected chi connectivity index (χ4v) is 21.6. The second-order valence-corrected chi connectivity index (χ2v) is 34.2. The maximum absolute atomic E-state index is 7.26. The first kappa shape index (κ1) is 60.5. The summed E-state index contributed by atoms with van der Waals surface area (Å²) in [5, 5.41) is 15.6. The van der Waals surface area contributed by atoms with E-state index in [9.17, 15) is 0 Å². The third-order valence-electron chi connectivity index (χ3n) is 16.2. The summed E-state index contributed by atoms with van der Waals surface area (Å²) in [4.78, 5) is 0. The molecule has 0 unspecified atom stereocenters. The Balaban J connectivity index is 0.000000163. The summed E-state index contributed by atoms with van der Waals surface area (Å²) in [7, 11) is 6.46. The van der Waals surface area contributed by atoms with Crippen molar-refractivity contribution in [1.29, 1.82) is 0 Å². The van der Waals surface area contributed by atoms with Gasteiger partial charge in [0.15, 0.2) is 0 Å². The number of hydrogen-bond donors (Lipinski definition) is 0. The van der Waals surface area contributed by atoms with Crippen molar-refractivity contribution in [3.63, 3.8) is 0 Å². The van der Waals surface area contributed by atoms with Crippen LogP contribution in [0.4, 0.5) is 0 Å². The second-order valence-electron chi connectivity index (χ2n) is 22.1. The summed E-state index contributed by atoms with van der Waals surface area (Å²) >= 11 is -0.472. The van der Waals surface area contributed by atoms with Gasteiger partial charge in [-0.2, -0.15) is 0 Å². The average Bonchev–Trinajstić information content (AvgIpc) is 0.942. The summed E-state index contributed by atoms with van der Waals surface area (Å²) in [5.41, 5.74) is 4.52. The number of ether oxygens (including phenoxy) is 2. The molecule has 2 nitrogen and oxygen atoms in total. The van der Waals surface area contributed by atoms with Crippen molar-refractivity contribution in [1.82, 2.24) is 0 Å². The number of benzene rings is 12. The summed E-state index contributed by atoms with van der Waals surface area (Å²) < 4.78 is 14.5. The fraction of sp³-hybridized carbons (Fsp3) is 0.0769. The van der Waals surface area contributed by atoms with Crippen LogP contribution in [0.2, 0.25) is 0 Å². The van der Waals surface area contributed by atoms with E-state index in [0.29, 0.717) is 0 Å². The molecule has 12 aromatic carbocycles. The van der Waals surface area contributed by atoms with Crippen LogP contribution in [0, 0.1) is 0 Å². The van der Waals surface area contributed by atoms with Crippen molar-refractivity contribution in [3.8, 4) is 23.0 Å². The fourth-order valence-electron chi connectivity index (χ4n) is 12.0. The normalized spacial score (nSPS) is 13.1. The van der Waals surface area contributed by atoms with Gasteiger partial charge in [-0.15, -0.1) is 0 Å². The van der Waals surface area contributed by atoms with Crippen LogP contribution in [0.3, 0.4) is 0 Å². The van der Waals surface area contributed by atoms with Gasteiger partial charge in [-0.25, -0.2) is 0 Å². The predicted molar refractivity (Wildman–Crippen MR) is 377 cm³/mol. The summed E-state index contributed by atoms with van der Waals surface area (Å²) in [6, 6.07) is 114. The molecule has 0 aromatic heterocycles. The minimum atomic E-state index is -0.824. The van der Waals surface area contributed by atoms with Crippen molar-refractivity contribution in [2.45, 2.75) is 38.5 Å². The number of rotatable bonds is 12. The van der Waals surface area contributed by atoms with Crippen molar-refractivity contribution in [2.75, 3.05) is 0 Å². The van der Waals surface area contributed by atoms with Crippen LogP contribution >= 0.6 is 50.5 Å². The predicted octanol–water partition coefficient (Wildman–Crippen LogP) is 16.6. The molecule has 12 aromatic rings. The van der Waals surface area contributed by atoms with Crippen LogP contribution in [0.5, 0.6) is 23.0 Å². The van der Waals surface area contributed by atoms with E-state index in [1.807, 2.05) is 0 Å². The molecule has 2 aliphatic rings. The molecular weight excluding hydrogens is 1360 g/mol. The molecular formula is C78H64Cl2O2P4Pt. The van der Waals surface area contributed by atoms with E-state index in [-0.39, 0.29) is 10.8 Å². The Kier molecular flexibility index (Phi) is 19.3. The van der Waals surface area contributed by atoms with Gasteiger partial charge in [-0.1, -0.05) is 343 Å². The zero-order chi connectivity index (χ0) is 59.7. The number of halogens is 2. The Hall–Kier alpha value is -6.77. The van der Waals surface area contributed by atoms with E-state index in [1.54, 1.807) is 0 Å². The molecule has 0 atom stereocenters. The number of para-hydroxylation sites is 4. The van der Waals surface area contributed by atoms with Gasteiger partial charge in [0.1, 0.15) is 23.0 Å². The van der Waals surface area contributed by atoms with E-state index in [0.717, 1.165) is 23.0 Å². The molecule has 0 spiro atoms. The molecule has 87 heavy (non-hydrogen) atoms. The van der Waals surface area contributed by atoms with Gasteiger partial charge in [0.2, 0.25) is 0 Å². The van der Waals surface area contributed by atoms with E-state index >= 15 is 0 Å². The third kappa shape index (κ3) is 12.7. The number of hydrogen-bond acceptors (Lipinski definition) is 2. The van der Waals surface area contributed by atoms with Gasteiger partial charge in [0.05, 0.1) is 0 Å². The quantitative estimate of drug-likeness (QED) is 0.114. The molecule has 0 N–H and O–H groups in total. The monoisotopic (exact) mass is 1420 g/mol. The third-order valence-corrected chi connectivity index (χ3v) is 26.0. The Labute approximate surface area is 535 Å². The summed E-state index contributed by atoms with van der Waals surface area (Å²) in [6.07, 6.45) is 0. The van der Waals surface area contributed by atoms with Crippen LogP contribution in [0.15, 0.2) is 315 Å². The molecule has 2 heterocycles. The van der Waals surface area contributed by atoms with E-state index in [4.69, 9.17) is 28.3 Å². The zero-order valence-corrected chi connectivity index (χ0v) is 56.1. The van der Waals surface area contributed by atoms with Crippen LogP contribution in [0.1, 0.15) is 49.9 Å². The van der Waals surface area contributed by atoms with Gasteiger partial charge < -0.3 is 9.47 Å². The van der Waals surface area contributed by atoms with Crippen molar-refractivity contribution < 1.29 is 26.0 Å². The molecule has 9 heteroatoms. The van der Waals surface area contributed by atoms with Gasteiger partial charge in [0, 0.05) is 54.3 Å². The van der Waals surface area contributed by atoms with Crippen molar-refractivity contribution >= 4 is 114 Å². The Morgan fingerprint density at radius 2 is 0.379 bits per heavy atom. The molecule has 0 aliphatic carbocycles. The first-order chi connectivity index (χ1) is 42.7. The zero-order valence-electron chi connectivity index (χ0n) is 48.7. The average molecular weight is 1420 g/mol. The van der Waals surface area contributed by atoms with Gasteiger partial charge in [-0.05, 0) is 74.1 Å². The summed E-state index contributed by atoms with van der Waals surface area (Å²) in [5.74, 6) is 4.05. The van der Waals surface area contributed by atoms with E-state index < -0.39 is 48.2 Å². The standard InChI is InChI=1S/2C39H32OP2.2ClH.Pt/c2*1-39(2)33-25-15-27-35(41(29-17-7-3-8-18-29)30-19-9-4-10-20-30)37(33)40-38-34(39)26-16-28-36(38)42(31-21-11-5-12-22-31)32-23-13-6-14-24-32;;;/h2*3-28H,1-2H3;2*1H;/q;;;;+2/p-2. The topological polar surface area (TPSA) is 18.5 Å². The molecule has 14 rings (SSSR count). The molecule has 0 saturated heterocycles.